The van der Waals surface area contributed by atoms with Crippen molar-refractivity contribution < 1.29 is 9.90 Å². The summed E-state index contributed by atoms with van der Waals surface area (Å²) in [6.07, 6.45) is 0.513. The first-order valence-electron chi connectivity index (χ1n) is 8.78. The second kappa shape index (κ2) is 7.13. The molecular formula is C20H18ClN3O3. The van der Waals surface area contributed by atoms with E-state index in [0.29, 0.717) is 34.6 Å². The van der Waals surface area contributed by atoms with Gasteiger partial charge in [0.25, 0.3) is 11.5 Å². The molecule has 2 aromatic carbocycles. The Morgan fingerprint density at radius 3 is 2.89 bits per heavy atom. The van der Waals surface area contributed by atoms with Crippen molar-refractivity contribution in [2.75, 3.05) is 6.54 Å². The molecule has 0 radical (unpaired) electrons. The topological polar surface area (TPSA) is 86.3 Å². The zero-order valence-electron chi connectivity index (χ0n) is 14.4. The lowest BCUT2D eigenvalue weighted by Gasteiger charge is -2.28. The van der Waals surface area contributed by atoms with E-state index in [2.05, 4.69) is 9.97 Å². The van der Waals surface area contributed by atoms with E-state index >= 15 is 0 Å². The fourth-order valence-corrected chi connectivity index (χ4v) is 3.79. The van der Waals surface area contributed by atoms with E-state index in [1.807, 2.05) is 0 Å². The van der Waals surface area contributed by atoms with Gasteiger partial charge in [0.05, 0.1) is 23.2 Å². The third-order valence-corrected chi connectivity index (χ3v) is 5.15. The van der Waals surface area contributed by atoms with Crippen molar-refractivity contribution in [3.05, 3.63) is 75.2 Å². The number of fused-ring (bicyclic) bond motifs is 1. The van der Waals surface area contributed by atoms with Gasteiger partial charge < -0.3 is 15.0 Å². The van der Waals surface area contributed by atoms with Crippen LogP contribution in [0.5, 0.6) is 0 Å². The van der Waals surface area contributed by atoms with Gasteiger partial charge in [0.1, 0.15) is 0 Å². The monoisotopic (exact) mass is 383 g/mol. The van der Waals surface area contributed by atoms with Gasteiger partial charge in [-0.05, 0) is 42.7 Å². The standard InChI is InChI=1S/C20H18ClN3O3/c21-13-6-3-5-12(11-13)18(25)16-9-4-10-24(16)20(27)17-19(26)23-15-8-2-1-7-14(15)22-17/h1-3,5-8,11,16,18,25H,4,9-10H2,(H,23,26)/t16?,18-/m0/s1. The number of carbonyl (C=O) groups is 1. The van der Waals surface area contributed by atoms with Crippen molar-refractivity contribution in [1.29, 1.82) is 0 Å². The fraction of sp³-hybridized carbons (Fsp3) is 0.250. The van der Waals surface area contributed by atoms with Gasteiger partial charge in [-0.25, -0.2) is 4.98 Å². The zero-order chi connectivity index (χ0) is 19.0. The van der Waals surface area contributed by atoms with Crippen LogP contribution >= 0.6 is 11.6 Å². The molecule has 6 nitrogen and oxygen atoms in total. The molecule has 3 aromatic rings. The van der Waals surface area contributed by atoms with Crippen molar-refractivity contribution >= 4 is 28.5 Å². The maximum atomic E-state index is 13.0. The largest absolute Gasteiger partial charge is 0.386 e. The van der Waals surface area contributed by atoms with Gasteiger partial charge in [-0.3, -0.25) is 9.59 Å². The Labute approximate surface area is 160 Å². The van der Waals surface area contributed by atoms with Crippen LogP contribution in [0.3, 0.4) is 0 Å². The van der Waals surface area contributed by atoms with Gasteiger partial charge in [0.2, 0.25) is 0 Å². The van der Waals surface area contributed by atoms with Crippen molar-refractivity contribution in [2.45, 2.75) is 25.0 Å². The van der Waals surface area contributed by atoms with Crippen LogP contribution in [0.1, 0.15) is 35.0 Å². The normalized spacial score (nSPS) is 18.0. The van der Waals surface area contributed by atoms with Crippen LogP contribution in [0.4, 0.5) is 0 Å². The SMILES string of the molecule is O=C(c1nc2ccccc2[nH]c1=O)N1CCCC1[C@@H](O)c1cccc(Cl)c1. The number of rotatable bonds is 3. The highest BCUT2D eigenvalue weighted by atomic mass is 35.5. The van der Waals surface area contributed by atoms with Crippen molar-refractivity contribution in [3.63, 3.8) is 0 Å². The number of aliphatic hydroxyl groups excluding tert-OH is 1. The minimum absolute atomic E-state index is 0.154. The predicted molar refractivity (Wildman–Crippen MR) is 103 cm³/mol. The Bertz CT molecular complexity index is 1070. The van der Waals surface area contributed by atoms with Crippen molar-refractivity contribution in [1.82, 2.24) is 14.9 Å². The van der Waals surface area contributed by atoms with E-state index in [9.17, 15) is 14.7 Å². The lowest BCUT2D eigenvalue weighted by atomic mass is 10.00. The molecule has 1 unspecified atom stereocenters. The Hall–Kier alpha value is -2.70. The number of benzene rings is 2. The first kappa shape index (κ1) is 17.7. The molecule has 138 valence electrons. The number of hydrogen-bond donors (Lipinski definition) is 2. The molecular weight excluding hydrogens is 366 g/mol. The molecule has 0 spiro atoms. The van der Waals surface area contributed by atoms with Crippen LogP contribution in [-0.2, 0) is 0 Å². The molecule has 7 heteroatoms. The molecule has 0 bridgehead atoms. The van der Waals surface area contributed by atoms with Gasteiger partial charge in [-0.1, -0.05) is 35.9 Å². The highest BCUT2D eigenvalue weighted by Gasteiger charge is 2.36. The molecule has 2 heterocycles. The molecule has 1 aromatic heterocycles. The van der Waals surface area contributed by atoms with Crippen molar-refractivity contribution in [3.8, 4) is 0 Å². The summed E-state index contributed by atoms with van der Waals surface area (Å²) in [5.74, 6) is -0.467. The van der Waals surface area contributed by atoms with Crippen LogP contribution in [0, 0.1) is 0 Å². The lowest BCUT2D eigenvalue weighted by Crippen LogP contribution is -2.42. The van der Waals surface area contributed by atoms with E-state index in [0.717, 1.165) is 6.42 Å². The van der Waals surface area contributed by atoms with Crippen LogP contribution in [-0.4, -0.2) is 38.5 Å². The zero-order valence-corrected chi connectivity index (χ0v) is 15.2. The van der Waals surface area contributed by atoms with E-state index in [1.54, 1.807) is 48.5 Å². The number of carbonyl (C=O) groups excluding carboxylic acids is 1. The maximum Gasteiger partial charge on any atom is 0.280 e. The second-order valence-corrected chi connectivity index (χ2v) is 7.08. The average molecular weight is 384 g/mol. The molecule has 0 saturated carbocycles. The minimum Gasteiger partial charge on any atom is -0.386 e. The number of H-pyrrole nitrogens is 1. The number of para-hydroxylation sites is 2. The first-order valence-corrected chi connectivity index (χ1v) is 9.16. The summed E-state index contributed by atoms with van der Waals surface area (Å²) in [6, 6.07) is 13.6. The summed E-state index contributed by atoms with van der Waals surface area (Å²) in [5.41, 5.74) is 1.09. The number of halogens is 1. The van der Waals surface area contributed by atoms with Crippen LogP contribution in [0.15, 0.2) is 53.3 Å². The molecule has 1 amide bonds. The molecule has 4 rings (SSSR count). The van der Waals surface area contributed by atoms with Gasteiger partial charge in [-0.15, -0.1) is 0 Å². The molecule has 1 aliphatic heterocycles. The molecule has 2 atom stereocenters. The average Bonchev–Trinajstić information content (AvgIpc) is 3.16. The summed E-state index contributed by atoms with van der Waals surface area (Å²) in [6.45, 7) is 0.467. The molecule has 27 heavy (non-hydrogen) atoms. The highest BCUT2D eigenvalue weighted by molar-refractivity contribution is 6.30. The van der Waals surface area contributed by atoms with Crippen LogP contribution < -0.4 is 5.56 Å². The summed E-state index contributed by atoms with van der Waals surface area (Å²) < 4.78 is 0. The third-order valence-electron chi connectivity index (χ3n) is 4.92. The van der Waals surface area contributed by atoms with E-state index in [1.165, 1.54) is 4.90 Å². The van der Waals surface area contributed by atoms with E-state index < -0.39 is 23.6 Å². The Morgan fingerprint density at radius 1 is 1.26 bits per heavy atom. The summed E-state index contributed by atoms with van der Waals surface area (Å²) >= 11 is 6.02. The van der Waals surface area contributed by atoms with Gasteiger partial charge in [-0.2, -0.15) is 0 Å². The third kappa shape index (κ3) is 3.34. The van der Waals surface area contributed by atoms with Crippen LogP contribution in [0.2, 0.25) is 5.02 Å². The van der Waals surface area contributed by atoms with Gasteiger partial charge >= 0.3 is 0 Å². The number of aliphatic hydroxyl groups is 1. The molecule has 2 N–H and O–H groups in total. The quantitative estimate of drug-likeness (QED) is 0.728. The number of hydrogen-bond acceptors (Lipinski definition) is 4. The number of nitrogens with zero attached hydrogens (tertiary/aromatic N) is 2. The number of nitrogens with one attached hydrogen (secondary N) is 1. The lowest BCUT2D eigenvalue weighted by molar-refractivity contribution is 0.0480. The summed E-state index contributed by atoms with van der Waals surface area (Å²) in [7, 11) is 0. The van der Waals surface area contributed by atoms with E-state index in [-0.39, 0.29) is 5.69 Å². The number of amides is 1. The second-order valence-electron chi connectivity index (χ2n) is 6.64. The Morgan fingerprint density at radius 2 is 2.07 bits per heavy atom. The van der Waals surface area contributed by atoms with E-state index in [4.69, 9.17) is 11.6 Å². The van der Waals surface area contributed by atoms with Crippen LogP contribution in [0.25, 0.3) is 11.0 Å². The number of aromatic nitrogens is 2. The van der Waals surface area contributed by atoms with Gasteiger partial charge in [0.15, 0.2) is 5.69 Å². The number of aromatic amines is 1. The smallest absolute Gasteiger partial charge is 0.280 e. The molecule has 1 fully saturated rings. The molecule has 1 saturated heterocycles. The minimum atomic E-state index is -0.880. The molecule has 1 aliphatic rings. The number of likely N-dealkylation sites (tertiary alicyclic amines) is 1. The van der Waals surface area contributed by atoms with Crippen molar-refractivity contribution in [2.24, 2.45) is 0 Å². The Balaban J connectivity index is 1.67. The summed E-state index contributed by atoms with van der Waals surface area (Å²) in [4.78, 5) is 33.9. The predicted octanol–water partition coefficient (Wildman–Crippen LogP) is 2.91. The first-order chi connectivity index (χ1) is 13.0. The van der Waals surface area contributed by atoms with Gasteiger partial charge in [0, 0.05) is 11.6 Å². The molecule has 0 aliphatic carbocycles. The highest BCUT2D eigenvalue weighted by Crippen LogP contribution is 2.31. The Kier molecular flexibility index (Phi) is 4.68. The maximum absolute atomic E-state index is 13.0. The fourth-order valence-electron chi connectivity index (χ4n) is 3.60. The summed E-state index contributed by atoms with van der Waals surface area (Å²) in [5, 5.41) is 11.3.